The minimum atomic E-state index is -4.97. The van der Waals surface area contributed by atoms with Crippen LogP contribution in [-0.4, -0.2) is 96.7 Å². The highest BCUT2D eigenvalue weighted by atomic mass is 31.2. The molecule has 0 saturated heterocycles. The highest BCUT2D eigenvalue weighted by Crippen LogP contribution is 2.45. The maximum Gasteiger partial charge on any atom is 0.472 e. The molecule has 19 heteroatoms. The molecule has 0 fully saturated rings. The lowest BCUT2D eigenvalue weighted by atomic mass is 10.0. The van der Waals surface area contributed by atoms with Crippen LogP contribution in [0.3, 0.4) is 0 Å². The molecule has 0 heterocycles. The van der Waals surface area contributed by atoms with Crippen LogP contribution in [-0.2, 0) is 65.4 Å². The van der Waals surface area contributed by atoms with Crippen molar-refractivity contribution in [3.05, 3.63) is 36.5 Å². The summed E-state index contributed by atoms with van der Waals surface area (Å²) in [6, 6.07) is 0. The van der Waals surface area contributed by atoms with Crippen molar-refractivity contribution < 1.29 is 80.2 Å². The van der Waals surface area contributed by atoms with Crippen molar-refractivity contribution in [1.29, 1.82) is 0 Å². The Morgan fingerprint density at radius 3 is 0.729 bits per heavy atom. The lowest BCUT2D eigenvalue weighted by molar-refractivity contribution is -0.161. The molecule has 0 radical (unpaired) electrons. The van der Waals surface area contributed by atoms with Crippen LogP contribution in [0.1, 0.15) is 374 Å². The zero-order valence-corrected chi connectivity index (χ0v) is 63.4. The fourth-order valence-electron chi connectivity index (χ4n) is 11.0. The van der Waals surface area contributed by atoms with E-state index in [2.05, 4.69) is 64.2 Å². The Labute approximate surface area is 585 Å². The zero-order valence-electron chi connectivity index (χ0n) is 61.6. The van der Waals surface area contributed by atoms with Gasteiger partial charge in [0.1, 0.15) is 19.3 Å². The van der Waals surface area contributed by atoms with Crippen molar-refractivity contribution in [3.63, 3.8) is 0 Å². The molecule has 0 amide bonds. The van der Waals surface area contributed by atoms with Crippen LogP contribution in [0.15, 0.2) is 36.5 Å². The fourth-order valence-corrected chi connectivity index (χ4v) is 12.6. The SMILES string of the molecule is CCCCCC/C=C\CCCCCCCC(=O)OCC(COP(=O)(O)OCC(O)COP(=O)(O)OCC(COC(=O)CCCCCCC/C=C\CCCCCCCC)OC(=O)CCCCCCCCCCCCCCCCC)OC(=O)CCCCCCC/C=C\CCCCCC. The number of carbonyl (C=O) groups excluding carboxylic acids is 4. The van der Waals surface area contributed by atoms with E-state index in [1.165, 1.54) is 154 Å². The van der Waals surface area contributed by atoms with Gasteiger partial charge in [0.25, 0.3) is 0 Å². The van der Waals surface area contributed by atoms with Gasteiger partial charge in [-0.1, -0.05) is 282 Å². The Balaban J connectivity index is 5.31. The van der Waals surface area contributed by atoms with E-state index < -0.39 is 97.5 Å². The summed E-state index contributed by atoms with van der Waals surface area (Å²) in [6.45, 7) is 4.89. The molecule has 0 aliphatic carbocycles. The summed E-state index contributed by atoms with van der Waals surface area (Å²) in [5.41, 5.74) is 0. The van der Waals surface area contributed by atoms with E-state index in [1.54, 1.807) is 0 Å². The van der Waals surface area contributed by atoms with E-state index in [-0.39, 0.29) is 25.7 Å². The number of unbranched alkanes of at least 4 members (excludes halogenated alkanes) is 43. The number of hydrogen-bond donors (Lipinski definition) is 3. The van der Waals surface area contributed by atoms with E-state index in [1.807, 2.05) is 0 Å². The highest BCUT2D eigenvalue weighted by molar-refractivity contribution is 7.47. The Morgan fingerprint density at radius 1 is 0.281 bits per heavy atom. The van der Waals surface area contributed by atoms with Crippen LogP contribution < -0.4 is 0 Å². The first-order valence-electron chi connectivity index (χ1n) is 39.2. The highest BCUT2D eigenvalue weighted by Gasteiger charge is 2.30. The van der Waals surface area contributed by atoms with E-state index in [4.69, 9.17) is 37.0 Å². The molecule has 564 valence electrons. The molecule has 96 heavy (non-hydrogen) atoms. The maximum absolute atomic E-state index is 13.1. The minimum Gasteiger partial charge on any atom is -0.462 e. The number of carbonyl (C=O) groups is 4. The molecule has 0 aromatic heterocycles. The van der Waals surface area contributed by atoms with E-state index in [9.17, 15) is 43.2 Å². The van der Waals surface area contributed by atoms with Crippen molar-refractivity contribution in [3.8, 4) is 0 Å². The third-order valence-electron chi connectivity index (χ3n) is 17.1. The third-order valence-corrected chi connectivity index (χ3v) is 19.0. The number of aliphatic hydroxyl groups excluding tert-OH is 1. The van der Waals surface area contributed by atoms with Crippen LogP contribution in [0.5, 0.6) is 0 Å². The van der Waals surface area contributed by atoms with Crippen LogP contribution in [0.4, 0.5) is 0 Å². The van der Waals surface area contributed by atoms with Gasteiger partial charge in [0.2, 0.25) is 0 Å². The molecule has 5 unspecified atom stereocenters. The van der Waals surface area contributed by atoms with Gasteiger partial charge in [0.15, 0.2) is 12.2 Å². The average molecular weight is 1400 g/mol. The Bertz CT molecular complexity index is 1970. The molecular formula is C77H144O17P2. The van der Waals surface area contributed by atoms with Crippen molar-refractivity contribution in [1.82, 2.24) is 0 Å². The van der Waals surface area contributed by atoms with Crippen LogP contribution in [0.2, 0.25) is 0 Å². The molecule has 0 aromatic carbocycles. The zero-order chi connectivity index (χ0) is 70.4. The molecule has 17 nitrogen and oxygen atoms in total. The third kappa shape index (κ3) is 69.7. The summed E-state index contributed by atoms with van der Waals surface area (Å²) in [6.07, 6.45) is 65.5. The fraction of sp³-hybridized carbons (Fsp3) is 0.870. The molecule has 0 aromatic rings. The number of allylic oxidation sites excluding steroid dienone is 6. The van der Waals surface area contributed by atoms with Gasteiger partial charge in [-0.25, -0.2) is 9.13 Å². The molecule has 0 spiro atoms. The monoisotopic (exact) mass is 1400 g/mol. The van der Waals surface area contributed by atoms with Gasteiger partial charge in [-0.2, -0.15) is 0 Å². The van der Waals surface area contributed by atoms with Crippen molar-refractivity contribution >= 4 is 39.5 Å². The topological polar surface area (TPSA) is 237 Å². The average Bonchev–Trinajstić information content (AvgIpc) is 1.17. The molecule has 0 bridgehead atoms. The second-order valence-electron chi connectivity index (χ2n) is 26.7. The summed E-state index contributed by atoms with van der Waals surface area (Å²) in [4.78, 5) is 72.8. The summed E-state index contributed by atoms with van der Waals surface area (Å²) in [5, 5.41) is 10.6. The van der Waals surface area contributed by atoms with Gasteiger partial charge in [-0.15, -0.1) is 0 Å². The number of ether oxygens (including phenoxy) is 4. The first-order valence-corrected chi connectivity index (χ1v) is 42.2. The van der Waals surface area contributed by atoms with Crippen LogP contribution in [0, 0.1) is 0 Å². The number of hydrogen-bond acceptors (Lipinski definition) is 15. The Hall–Kier alpha value is -2.72. The predicted octanol–water partition coefficient (Wildman–Crippen LogP) is 22.3. The van der Waals surface area contributed by atoms with Crippen molar-refractivity contribution in [2.24, 2.45) is 0 Å². The minimum absolute atomic E-state index is 0.0892. The maximum atomic E-state index is 13.1. The lowest BCUT2D eigenvalue weighted by Crippen LogP contribution is -2.30. The number of phosphoric ester groups is 2. The van der Waals surface area contributed by atoms with Crippen molar-refractivity contribution in [2.45, 2.75) is 393 Å². The Kier molecular flexibility index (Phi) is 68.7. The van der Waals surface area contributed by atoms with Crippen LogP contribution in [0.25, 0.3) is 0 Å². The molecule has 5 atom stereocenters. The quantitative estimate of drug-likeness (QED) is 0.0169. The van der Waals surface area contributed by atoms with Gasteiger partial charge in [0.05, 0.1) is 26.4 Å². The second kappa shape index (κ2) is 70.7. The number of rotatable bonds is 75. The molecular weight excluding hydrogens is 1260 g/mol. The summed E-state index contributed by atoms with van der Waals surface area (Å²) in [7, 11) is -9.93. The van der Waals surface area contributed by atoms with E-state index in [0.29, 0.717) is 25.7 Å². The standard InChI is InChI=1S/C77H144O17P2/c1-5-9-13-17-21-25-29-33-35-39-42-46-50-54-58-62-75(80)88-68-73(94-77(82)64-60-56-52-48-44-40-36-34-30-26-22-18-14-10-6-2)70-92-96(85,86)90-66-71(78)65-89-95(83,84)91-69-72(93-76(81)63-59-55-51-47-43-38-32-28-24-20-16-12-8-4)67-87-74(79)61-57-53-49-45-41-37-31-27-23-19-15-11-7-3/h27-28,31-33,35,71-73,78H,5-26,29-30,34,36-70H2,1-4H3,(H,83,84)(H,85,86)/b31-27-,32-28-,35-33-. The van der Waals surface area contributed by atoms with Gasteiger partial charge in [0, 0.05) is 25.7 Å². The summed E-state index contributed by atoms with van der Waals surface area (Å²) < 4.78 is 68.5. The number of phosphoric acid groups is 2. The largest absolute Gasteiger partial charge is 0.472 e. The van der Waals surface area contributed by atoms with Crippen LogP contribution >= 0.6 is 15.6 Å². The molecule has 3 N–H and O–H groups in total. The van der Waals surface area contributed by atoms with Crippen molar-refractivity contribution in [2.75, 3.05) is 39.6 Å². The molecule has 0 aliphatic rings. The second-order valence-corrected chi connectivity index (χ2v) is 29.6. The van der Waals surface area contributed by atoms with Gasteiger partial charge in [-0.05, 0) is 103 Å². The molecule has 0 rings (SSSR count). The summed E-state index contributed by atoms with van der Waals surface area (Å²) >= 11 is 0. The lowest BCUT2D eigenvalue weighted by Gasteiger charge is -2.21. The van der Waals surface area contributed by atoms with E-state index in [0.717, 1.165) is 141 Å². The smallest absolute Gasteiger partial charge is 0.462 e. The first kappa shape index (κ1) is 93.3. The van der Waals surface area contributed by atoms with Gasteiger partial charge >= 0.3 is 39.5 Å². The molecule has 0 aliphatic heterocycles. The summed E-state index contributed by atoms with van der Waals surface area (Å²) in [5.74, 6) is -2.16. The first-order chi connectivity index (χ1) is 46.7. The molecule has 0 saturated carbocycles. The van der Waals surface area contributed by atoms with Gasteiger partial charge in [-0.3, -0.25) is 37.3 Å². The number of esters is 4. The van der Waals surface area contributed by atoms with Gasteiger partial charge < -0.3 is 33.8 Å². The Morgan fingerprint density at radius 2 is 0.479 bits per heavy atom. The normalized spacial score (nSPS) is 14.1. The van der Waals surface area contributed by atoms with E-state index >= 15 is 0 Å². The number of aliphatic hydroxyl groups is 1. The predicted molar refractivity (Wildman–Crippen MR) is 391 cm³/mol.